The highest BCUT2D eigenvalue weighted by molar-refractivity contribution is 5.85. The Morgan fingerprint density at radius 3 is 2.32 bits per heavy atom. The standard InChI is InChI=1S/C15H22N2O3.2ClH/c1-2-17(11-10-12-6-4-3-5-7-12)14(18)9-8-13(16)15(19)20;;/h3-7,13H,2,8-11,16H2,1H3,(H,19,20);2*1H/t13-;;/m0../s1. The van der Waals surface area contributed by atoms with Crippen molar-refractivity contribution in [2.24, 2.45) is 5.73 Å². The Balaban J connectivity index is 0. The van der Waals surface area contributed by atoms with Crippen molar-refractivity contribution in [1.29, 1.82) is 0 Å². The van der Waals surface area contributed by atoms with Crippen LogP contribution in [0.2, 0.25) is 0 Å². The van der Waals surface area contributed by atoms with Gasteiger partial charge in [0.25, 0.3) is 0 Å². The summed E-state index contributed by atoms with van der Waals surface area (Å²) in [5.41, 5.74) is 6.58. The Labute approximate surface area is 143 Å². The molecule has 22 heavy (non-hydrogen) atoms. The first-order valence-corrected chi connectivity index (χ1v) is 6.84. The van der Waals surface area contributed by atoms with Gasteiger partial charge in [0.15, 0.2) is 0 Å². The Hall–Kier alpha value is -1.30. The van der Waals surface area contributed by atoms with Gasteiger partial charge in [0.1, 0.15) is 6.04 Å². The summed E-state index contributed by atoms with van der Waals surface area (Å²) in [4.78, 5) is 24.3. The molecule has 3 N–H and O–H groups in total. The fraction of sp³-hybridized carbons (Fsp3) is 0.467. The highest BCUT2D eigenvalue weighted by Crippen LogP contribution is 2.05. The minimum atomic E-state index is -1.06. The van der Waals surface area contributed by atoms with Crippen LogP contribution in [0.25, 0.3) is 0 Å². The largest absolute Gasteiger partial charge is 0.480 e. The number of aliphatic carboxylic acids is 1. The molecule has 0 aromatic heterocycles. The van der Waals surface area contributed by atoms with Gasteiger partial charge in [0.2, 0.25) is 5.91 Å². The van der Waals surface area contributed by atoms with Crippen LogP contribution in [-0.4, -0.2) is 41.0 Å². The zero-order chi connectivity index (χ0) is 15.0. The van der Waals surface area contributed by atoms with Crippen LogP contribution < -0.4 is 5.73 Å². The lowest BCUT2D eigenvalue weighted by Gasteiger charge is -2.21. The predicted molar refractivity (Wildman–Crippen MR) is 91.7 cm³/mol. The normalized spacial score (nSPS) is 10.8. The van der Waals surface area contributed by atoms with Gasteiger partial charge >= 0.3 is 5.97 Å². The molecule has 1 aromatic rings. The van der Waals surface area contributed by atoms with E-state index in [2.05, 4.69) is 0 Å². The summed E-state index contributed by atoms with van der Waals surface area (Å²) in [7, 11) is 0. The van der Waals surface area contributed by atoms with E-state index < -0.39 is 12.0 Å². The van der Waals surface area contributed by atoms with Crippen LogP contribution in [0, 0.1) is 0 Å². The van der Waals surface area contributed by atoms with Gasteiger partial charge in [0.05, 0.1) is 0 Å². The quantitative estimate of drug-likeness (QED) is 0.751. The Morgan fingerprint density at radius 2 is 1.82 bits per heavy atom. The molecule has 0 radical (unpaired) electrons. The van der Waals surface area contributed by atoms with E-state index in [0.29, 0.717) is 13.1 Å². The molecule has 0 heterocycles. The number of hydrogen-bond donors (Lipinski definition) is 2. The van der Waals surface area contributed by atoms with Crippen molar-refractivity contribution >= 4 is 36.7 Å². The van der Waals surface area contributed by atoms with E-state index in [1.807, 2.05) is 37.3 Å². The van der Waals surface area contributed by atoms with E-state index in [-0.39, 0.29) is 43.6 Å². The van der Waals surface area contributed by atoms with Gasteiger partial charge in [-0.1, -0.05) is 30.3 Å². The van der Waals surface area contributed by atoms with Crippen LogP contribution in [0.3, 0.4) is 0 Å². The van der Waals surface area contributed by atoms with Gasteiger partial charge in [-0.3, -0.25) is 9.59 Å². The minimum absolute atomic E-state index is 0. The molecule has 0 bridgehead atoms. The second-order valence-corrected chi connectivity index (χ2v) is 4.69. The number of benzene rings is 1. The lowest BCUT2D eigenvalue weighted by Crippen LogP contribution is -2.36. The molecular weight excluding hydrogens is 327 g/mol. The van der Waals surface area contributed by atoms with Gasteiger partial charge in [-0.25, -0.2) is 0 Å². The van der Waals surface area contributed by atoms with Crippen molar-refractivity contribution in [3.63, 3.8) is 0 Å². The van der Waals surface area contributed by atoms with E-state index >= 15 is 0 Å². The van der Waals surface area contributed by atoms with Crippen LogP contribution in [-0.2, 0) is 16.0 Å². The lowest BCUT2D eigenvalue weighted by atomic mass is 10.1. The van der Waals surface area contributed by atoms with Crippen molar-refractivity contribution in [2.45, 2.75) is 32.2 Å². The molecule has 0 aliphatic rings. The monoisotopic (exact) mass is 350 g/mol. The van der Waals surface area contributed by atoms with Crippen molar-refractivity contribution in [1.82, 2.24) is 4.90 Å². The van der Waals surface area contributed by atoms with Gasteiger partial charge in [-0.15, -0.1) is 24.8 Å². The summed E-state index contributed by atoms with van der Waals surface area (Å²) >= 11 is 0. The number of carbonyl (C=O) groups excluding carboxylic acids is 1. The van der Waals surface area contributed by atoms with Crippen molar-refractivity contribution in [2.75, 3.05) is 13.1 Å². The molecule has 0 spiro atoms. The number of carbonyl (C=O) groups is 2. The maximum absolute atomic E-state index is 12.0. The minimum Gasteiger partial charge on any atom is -0.480 e. The maximum atomic E-state index is 12.0. The molecular formula is C15H24Cl2N2O3. The zero-order valence-corrected chi connectivity index (χ0v) is 14.2. The summed E-state index contributed by atoms with van der Waals surface area (Å²) in [6.45, 7) is 3.18. The average Bonchev–Trinajstić information content (AvgIpc) is 2.46. The number of rotatable bonds is 8. The molecule has 1 amide bonds. The van der Waals surface area contributed by atoms with E-state index in [0.717, 1.165) is 6.42 Å². The molecule has 0 saturated heterocycles. The van der Waals surface area contributed by atoms with Crippen molar-refractivity contribution < 1.29 is 14.7 Å². The molecule has 1 aromatic carbocycles. The van der Waals surface area contributed by atoms with Crippen LogP contribution in [0.1, 0.15) is 25.3 Å². The molecule has 1 rings (SSSR count). The number of hydrogen-bond acceptors (Lipinski definition) is 3. The highest BCUT2D eigenvalue weighted by Gasteiger charge is 2.16. The van der Waals surface area contributed by atoms with Crippen LogP contribution >= 0.6 is 24.8 Å². The number of amides is 1. The number of nitrogens with two attached hydrogens (primary N) is 1. The second-order valence-electron chi connectivity index (χ2n) is 4.69. The van der Waals surface area contributed by atoms with Crippen molar-refractivity contribution in [3.8, 4) is 0 Å². The smallest absolute Gasteiger partial charge is 0.320 e. The van der Waals surface area contributed by atoms with Gasteiger partial charge in [0, 0.05) is 19.5 Å². The molecule has 0 aliphatic carbocycles. The van der Waals surface area contributed by atoms with E-state index in [9.17, 15) is 9.59 Å². The first-order valence-electron chi connectivity index (χ1n) is 6.84. The molecule has 0 aliphatic heterocycles. The van der Waals surface area contributed by atoms with E-state index in [4.69, 9.17) is 10.8 Å². The molecule has 0 unspecified atom stereocenters. The van der Waals surface area contributed by atoms with Gasteiger partial charge < -0.3 is 15.7 Å². The molecule has 7 heteroatoms. The van der Waals surface area contributed by atoms with E-state index in [1.165, 1.54) is 5.56 Å². The SMILES string of the molecule is CCN(CCc1ccccc1)C(=O)CC[C@H](N)C(=O)O.Cl.Cl. The topological polar surface area (TPSA) is 83.6 Å². The first kappa shape index (κ1) is 23.0. The number of halogens is 2. The third-order valence-corrected chi connectivity index (χ3v) is 3.23. The summed E-state index contributed by atoms with van der Waals surface area (Å²) in [5, 5.41) is 8.69. The summed E-state index contributed by atoms with van der Waals surface area (Å²) < 4.78 is 0. The molecule has 5 nitrogen and oxygen atoms in total. The Morgan fingerprint density at radius 1 is 1.23 bits per heavy atom. The molecule has 126 valence electrons. The van der Waals surface area contributed by atoms with Crippen LogP contribution in [0.5, 0.6) is 0 Å². The Bertz CT molecular complexity index is 444. The first-order chi connectivity index (χ1) is 9.54. The molecule has 1 atom stereocenters. The second kappa shape index (κ2) is 12.3. The number of nitrogens with zero attached hydrogens (tertiary/aromatic N) is 1. The predicted octanol–water partition coefficient (Wildman–Crippen LogP) is 2.11. The fourth-order valence-corrected chi connectivity index (χ4v) is 1.93. The van der Waals surface area contributed by atoms with Gasteiger partial charge in [-0.05, 0) is 25.3 Å². The summed E-state index contributed by atoms with van der Waals surface area (Å²) in [6, 6.07) is 8.99. The number of carboxylic acids is 1. The third kappa shape index (κ3) is 8.22. The third-order valence-electron chi connectivity index (χ3n) is 3.23. The lowest BCUT2D eigenvalue weighted by molar-refractivity contribution is -0.139. The average molecular weight is 351 g/mol. The fourth-order valence-electron chi connectivity index (χ4n) is 1.93. The highest BCUT2D eigenvalue weighted by atomic mass is 35.5. The number of likely N-dealkylation sites (N-methyl/N-ethyl adjacent to an activating group) is 1. The maximum Gasteiger partial charge on any atom is 0.320 e. The molecule has 0 saturated carbocycles. The Kier molecular flexibility index (Phi) is 12.8. The van der Waals surface area contributed by atoms with Crippen LogP contribution in [0.15, 0.2) is 30.3 Å². The molecule has 0 fully saturated rings. The van der Waals surface area contributed by atoms with E-state index in [1.54, 1.807) is 4.90 Å². The van der Waals surface area contributed by atoms with Crippen LogP contribution in [0.4, 0.5) is 0 Å². The summed E-state index contributed by atoms with van der Waals surface area (Å²) in [5.74, 6) is -1.11. The van der Waals surface area contributed by atoms with Crippen molar-refractivity contribution in [3.05, 3.63) is 35.9 Å². The zero-order valence-electron chi connectivity index (χ0n) is 12.6. The summed E-state index contributed by atoms with van der Waals surface area (Å²) in [6.07, 6.45) is 1.15. The van der Waals surface area contributed by atoms with Gasteiger partial charge in [-0.2, -0.15) is 0 Å². The number of carboxylic acid groups (broad SMARTS) is 1.